The van der Waals surface area contributed by atoms with Crippen molar-refractivity contribution < 1.29 is 0 Å². The maximum absolute atomic E-state index is 4.54. The summed E-state index contributed by atoms with van der Waals surface area (Å²) in [5.74, 6) is 0. The molecule has 0 aliphatic carbocycles. The summed E-state index contributed by atoms with van der Waals surface area (Å²) in [6.45, 7) is 6.87. The smallest absolute Gasteiger partial charge is 0.0705 e. The van der Waals surface area contributed by atoms with Crippen LogP contribution in [-0.4, -0.2) is 36.1 Å². The van der Waals surface area contributed by atoms with Crippen molar-refractivity contribution in [3.05, 3.63) is 42.1 Å². The minimum Gasteiger partial charge on any atom is -0.315 e. The van der Waals surface area contributed by atoms with Gasteiger partial charge in [-0.3, -0.25) is 9.88 Å². The van der Waals surface area contributed by atoms with E-state index >= 15 is 0 Å². The molecule has 1 fully saturated rings. The van der Waals surface area contributed by atoms with Crippen molar-refractivity contribution in [2.45, 2.75) is 38.6 Å². The van der Waals surface area contributed by atoms with Crippen molar-refractivity contribution in [3.8, 4) is 0 Å². The molecular weight excluding hydrogens is 270 g/mol. The molecule has 3 heteroatoms. The zero-order valence-corrected chi connectivity index (χ0v) is 13.6. The van der Waals surface area contributed by atoms with E-state index in [0.717, 1.165) is 25.2 Å². The lowest BCUT2D eigenvalue weighted by Gasteiger charge is -2.31. The first kappa shape index (κ1) is 15.4. The zero-order valence-electron chi connectivity index (χ0n) is 13.6. The SMILES string of the molecule is CCCCC(c1ccnc2ccccc12)N1CCCNCC1. The van der Waals surface area contributed by atoms with Crippen LogP contribution in [0.25, 0.3) is 10.9 Å². The summed E-state index contributed by atoms with van der Waals surface area (Å²) in [5, 5.41) is 4.85. The molecule has 1 aliphatic rings. The van der Waals surface area contributed by atoms with Gasteiger partial charge in [-0.15, -0.1) is 0 Å². The van der Waals surface area contributed by atoms with Crippen molar-refractivity contribution in [1.82, 2.24) is 15.2 Å². The minimum absolute atomic E-state index is 0.521. The second-order valence-corrected chi connectivity index (χ2v) is 6.21. The predicted octanol–water partition coefficient (Wildman–Crippen LogP) is 3.76. The van der Waals surface area contributed by atoms with E-state index in [4.69, 9.17) is 0 Å². The van der Waals surface area contributed by atoms with Crippen LogP contribution in [0.5, 0.6) is 0 Å². The molecule has 0 saturated carbocycles. The van der Waals surface area contributed by atoms with Gasteiger partial charge in [-0.25, -0.2) is 0 Å². The van der Waals surface area contributed by atoms with E-state index < -0.39 is 0 Å². The van der Waals surface area contributed by atoms with Gasteiger partial charge >= 0.3 is 0 Å². The van der Waals surface area contributed by atoms with Crippen molar-refractivity contribution in [1.29, 1.82) is 0 Å². The van der Waals surface area contributed by atoms with Gasteiger partial charge in [0.2, 0.25) is 0 Å². The number of nitrogens with one attached hydrogen (secondary N) is 1. The van der Waals surface area contributed by atoms with Gasteiger partial charge in [0.15, 0.2) is 0 Å². The predicted molar refractivity (Wildman–Crippen MR) is 93.1 cm³/mol. The number of fused-ring (bicyclic) bond motifs is 1. The van der Waals surface area contributed by atoms with Crippen LogP contribution < -0.4 is 5.32 Å². The Labute approximate surface area is 133 Å². The van der Waals surface area contributed by atoms with Gasteiger partial charge in [0.25, 0.3) is 0 Å². The highest BCUT2D eigenvalue weighted by atomic mass is 15.2. The quantitative estimate of drug-likeness (QED) is 0.911. The largest absolute Gasteiger partial charge is 0.315 e. The molecule has 3 nitrogen and oxygen atoms in total. The molecule has 1 aromatic heterocycles. The van der Waals surface area contributed by atoms with E-state index in [1.54, 1.807) is 0 Å². The topological polar surface area (TPSA) is 28.2 Å². The summed E-state index contributed by atoms with van der Waals surface area (Å²) in [6, 6.07) is 11.3. The molecule has 1 N–H and O–H groups in total. The van der Waals surface area contributed by atoms with E-state index in [-0.39, 0.29) is 0 Å². The fourth-order valence-corrected chi connectivity index (χ4v) is 3.52. The first-order valence-corrected chi connectivity index (χ1v) is 8.68. The number of rotatable bonds is 5. The summed E-state index contributed by atoms with van der Waals surface area (Å²) in [7, 11) is 0. The summed E-state index contributed by atoms with van der Waals surface area (Å²) < 4.78 is 0. The third kappa shape index (κ3) is 3.47. The maximum atomic E-state index is 4.54. The van der Waals surface area contributed by atoms with E-state index in [2.05, 4.69) is 52.5 Å². The maximum Gasteiger partial charge on any atom is 0.0705 e. The molecule has 3 rings (SSSR count). The number of benzene rings is 1. The van der Waals surface area contributed by atoms with Crippen LogP contribution in [0.4, 0.5) is 0 Å². The van der Waals surface area contributed by atoms with E-state index in [0.29, 0.717) is 6.04 Å². The monoisotopic (exact) mass is 297 g/mol. The summed E-state index contributed by atoms with van der Waals surface area (Å²) >= 11 is 0. The normalized spacial score (nSPS) is 18.2. The van der Waals surface area contributed by atoms with Crippen LogP contribution in [0.2, 0.25) is 0 Å². The first-order valence-electron chi connectivity index (χ1n) is 8.68. The van der Waals surface area contributed by atoms with Gasteiger partial charge in [-0.2, -0.15) is 0 Å². The van der Waals surface area contributed by atoms with Crippen LogP contribution in [0.1, 0.15) is 44.2 Å². The summed E-state index contributed by atoms with van der Waals surface area (Å²) in [6.07, 6.45) is 7.00. The molecule has 22 heavy (non-hydrogen) atoms. The van der Waals surface area contributed by atoms with Gasteiger partial charge in [0, 0.05) is 37.3 Å². The molecule has 1 unspecified atom stereocenters. The van der Waals surface area contributed by atoms with Gasteiger partial charge < -0.3 is 5.32 Å². The third-order valence-corrected chi connectivity index (χ3v) is 4.69. The molecule has 0 bridgehead atoms. The van der Waals surface area contributed by atoms with E-state index in [9.17, 15) is 0 Å². The number of unbranched alkanes of at least 4 members (excludes halogenated alkanes) is 1. The number of hydrogen-bond acceptors (Lipinski definition) is 3. The van der Waals surface area contributed by atoms with Gasteiger partial charge in [0.1, 0.15) is 0 Å². The molecule has 0 spiro atoms. The van der Waals surface area contributed by atoms with Gasteiger partial charge in [-0.05, 0) is 37.1 Å². The number of pyridine rings is 1. The van der Waals surface area contributed by atoms with Crippen LogP contribution in [0.15, 0.2) is 36.5 Å². The van der Waals surface area contributed by atoms with Crippen molar-refractivity contribution in [2.24, 2.45) is 0 Å². The van der Waals surface area contributed by atoms with Gasteiger partial charge in [-0.1, -0.05) is 38.0 Å². The molecule has 118 valence electrons. The van der Waals surface area contributed by atoms with Crippen molar-refractivity contribution >= 4 is 10.9 Å². The Kier molecular flexibility index (Phi) is 5.41. The highest BCUT2D eigenvalue weighted by molar-refractivity contribution is 5.82. The summed E-state index contributed by atoms with van der Waals surface area (Å²) in [4.78, 5) is 7.22. The molecule has 1 aromatic carbocycles. The minimum atomic E-state index is 0.521. The Bertz CT molecular complexity index is 583. The number of aromatic nitrogens is 1. The highest BCUT2D eigenvalue weighted by Crippen LogP contribution is 2.31. The number of hydrogen-bond donors (Lipinski definition) is 1. The molecule has 1 atom stereocenters. The Morgan fingerprint density at radius 2 is 2.09 bits per heavy atom. The zero-order chi connectivity index (χ0) is 15.2. The Morgan fingerprint density at radius 3 is 3.00 bits per heavy atom. The first-order chi connectivity index (χ1) is 10.9. The fourth-order valence-electron chi connectivity index (χ4n) is 3.52. The average molecular weight is 297 g/mol. The lowest BCUT2D eigenvalue weighted by Crippen LogP contribution is -2.32. The Hall–Kier alpha value is -1.45. The van der Waals surface area contributed by atoms with Crippen LogP contribution in [0.3, 0.4) is 0 Å². The van der Waals surface area contributed by atoms with E-state index in [1.165, 1.54) is 43.2 Å². The fraction of sp³-hybridized carbons (Fsp3) is 0.526. The van der Waals surface area contributed by atoms with Gasteiger partial charge in [0.05, 0.1) is 5.52 Å². The molecular formula is C19H27N3. The van der Waals surface area contributed by atoms with Crippen LogP contribution in [-0.2, 0) is 0 Å². The number of para-hydroxylation sites is 1. The molecule has 1 aliphatic heterocycles. The van der Waals surface area contributed by atoms with Crippen LogP contribution in [0, 0.1) is 0 Å². The third-order valence-electron chi connectivity index (χ3n) is 4.69. The number of nitrogens with zero attached hydrogens (tertiary/aromatic N) is 2. The van der Waals surface area contributed by atoms with E-state index in [1.807, 2.05) is 6.20 Å². The molecule has 0 amide bonds. The molecule has 0 radical (unpaired) electrons. The summed E-state index contributed by atoms with van der Waals surface area (Å²) in [5.41, 5.74) is 2.58. The van der Waals surface area contributed by atoms with Crippen molar-refractivity contribution in [3.63, 3.8) is 0 Å². The highest BCUT2D eigenvalue weighted by Gasteiger charge is 2.22. The Morgan fingerprint density at radius 1 is 1.18 bits per heavy atom. The standard InChI is InChI=1S/C19H27N3/c1-2-3-9-19(22-14-6-11-20-13-15-22)17-10-12-21-18-8-5-4-7-16(17)18/h4-5,7-8,10,12,19-20H,2-3,6,9,11,13-15H2,1H3. The Balaban J connectivity index is 1.95. The second kappa shape index (κ2) is 7.70. The second-order valence-electron chi connectivity index (χ2n) is 6.21. The van der Waals surface area contributed by atoms with Crippen LogP contribution >= 0.6 is 0 Å². The average Bonchev–Trinajstić information content (AvgIpc) is 2.85. The molecule has 2 heterocycles. The lowest BCUT2D eigenvalue weighted by molar-refractivity contribution is 0.198. The lowest BCUT2D eigenvalue weighted by atomic mass is 9.96. The molecule has 1 saturated heterocycles. The molecule has 2 aromatic rings. The van der Waals surface area contributed by atoms with Crippen molar-refractivity contribution in [2.75, 3.05) is 26.2 Å².